The Hall–Kier alpha value is -2.28. The van der Waals surface area contributed by atoms with E-state index in [1.165, 1.54) is 12.8 Å². The number of benzene rings is 1. The van der Waals surface area contributed by atoms with Crippen molar-refractivity contribution < 1.29 is 9.21 Å². The Labute approximate surface area is 185 Å². The van der Waals surface area contributed by atoms with Gasteiger partial charge < -0.3 is 9.73 Å². The van der Waals surface area contributed by atoms with E-state index in [0.717, 1.165) is 42.3 Å². The molecule has 1 saturated heterocycles. The number of nitrogens with zero attached hydrogens (tertiary/aromatic N) is 3. The summed E-state index contributed by atoms with van der Waals surface area (Å²) in [4.78, 5) is 15.1. The van der Waals surface area contributed by atoms with E-state index in [2.05, 4.69) is 15.3 Å². The van der Waals surface area contributed by atoms with Crippen molar-refractivity contribution in [1.82, 2.24) is 14.7 Å². The van der Waals surface area contributed by atoms with Gasteiger partial charge in [-0.1, -0.05) is 29.3 Å². The second-order valence-electron chi connectivity index (χ2n) is 7.64. The lowest BCUT2D eigenvalue weighted by atomic mass is 10.2. The molecule has 1 N–H and O–H groups in total. The topological polar surface area (TPSA) is 63.3 Å². The first kappa shape index (κ1) is 21.0. The van der Waals surface area contributed by atoms with Crippen LogP contribution in [0.15, 0.2) is 34.7 Å². The Morgan fingerprint density at radius 3 is 2.63 bits per heavy atom. The molecule has 1 amide bonds. The Kier molecular flexibility index (Phi) is 6.18. The number of amides is 1. The van der Waals surface area contributed by atoms with Crippen LogP contribution in [-0.2, 0) is 13.1 Å². The lowest BCUT2D eigenvalue weighted by Gasteiger charge is -2.11. The summed E-state index contributed by atoms with van der Waals surface area (Å²) >= 11 is 12.3. The molecule has 0 spiro atoms. The SMILES string of the molecule is Cc1nn(Cc2ccc(Cl)cc2Cl)c(C)c1NC(=O)c1ccc(CN2CCCC2)o1. The zero-order valence-corrected chi connectivity index (χ0v) is 18.6. The first-order valence-corrected chi connectivity index (χ1v) is 10.8. The fourth-order valence-electron chi connectivity index (χ4n) is 3.76. The zero-order valence-electron chi connectivity index (χ0n) is 17.0. The van der Waals surface area contributed by atoms with Gasteiger partial charge in [0, 0.05) is 10.0 Å². The van der Waals surface area contributed by atoms with Crippen LogP contribution in [0.4, 0.5) is 5.69 Å². The molecule has 0 bridgehead atoms. The molecule has 4 rings (SSSR count). The number of halogens is 2. The number of rotatable bonds is 6. The molecule has 0 saturated carbocycles. The van der Waals surface area contributed by atoms with Crippen LogP contribution >= 0.6 is 23.2 Å². The monoisotopic (exact) mass is 446 g/mol. The summed E-state index contributed by atoms with van der Waals surface area (Å²) in [6, 6.07) is 8.99. The second kappa shape index (κ2) is 8.84. The summed E-state index contributed by atoms with van der Waals surface area (Å²) < 4.78 is 7.60. The van der Waals surface area contributed by atoms with Crippen LogP contribution < -0.4 is 5.32 Å². The predicted octanol–water partition coefficient (Wildman–Crippen LogP) is 5.30. The zero-order chi connectivity index (χ0) is 21.3. The Balaban J connectivity index is 1.46. The van der Waals surface area contributed by atoms with Gasteiger partial charge in [0.15, 0.2) is 5.76 Å². The first-order valence-electron chi connectivity index (χ1n) is 10.0. The van der Waals surface area contributed by atoms with Crippen LogP contribution in [-0.4, -0.2) is 33.7 Å². The van der Waals surface area contributed by atoms with E-state index in [-0.39, 0.29) is 5.91 Å². The molecule has 2 aromatic heterocycles. The van der Waals surface area contributed by atoms with Crippen molar-refractivity contribution in [3.63, 3.8) is 0 Å². The number of carbonyl (C=O) groups excluding carboxylic acids is 1. The van der Waals surface area contributed by atoms with Crippen LogP contribution in [0.1, 0.15) is 46.1 Å². The third kappa shape index (κ3) is 4.56. The van der Waals surface area contributed by atoms with E-state index in [0.29, 0.717) is 28.0 Å². The van der Waals surface area contributed by atoms with Gasteiger partial charge in [-0.15, -0.1) is 0 Å². The number of carbonyl (C=O) groups is 1. The number of hydrogen-bond donors (Lipinski definition) is 1. The van der Waals surface area contributed by atoms with Crippen molar-refractivity contribution in [3.05, 3.63) is 68.8 Å². The minimum atomic E-state index is -0.280. The second-order valence-corrected chi connectivity index (χ2v) is 8.49. The van der Waals surface area contributed by atoms with Gasteiger partial charge in [0.1, 0.15) is 5.76 Å². The molecule has 3 heterocycles. The van der Waals surface area contributed by atoms with Crippen molar-refractivity contribution >= 4 is 34.8 Å². The van der Waals surface area contributed by atoms with Crippen molar-refractivity contribution in [2.75, 3.05) is 18.4 Å². The third-order valence-corrected chi connectivity index (χ3v) is 6.01. The molecule has 0 unspecified atom stereocenters. The highest BCUT2D eigenvalue weighted by Crippen LogP contribution is 2.25. The molecule has 0 aliphatic carbocycles. The van der Waals surface area contributed by atoms with E-state index in [1.54, 1.807) is 18.2 Å². The molecule has 0 radical (unpaired) electrons. The van der Waals surface area contributed by atoms with Gasteiger partial charge in [-0.2, -0.15) is 5.10 Å². The van der Waals surface area contributed by atoms with Crippen LogP contribution in [0.25, 0.3) is 0 Å². The number of nitrogens with one attached hydrogen (secondary N) is 1. The average molecular weight is 447 g/mol. The number of hydrogen-bond acceptors (Lipinski definition) is 4. The van der Waals surface area contributed by atoms with E-state index < -0.39 is 0 Å². The van der Waals surface area contributed by atoms with Gasteiger partial charge in [0.25, 0.3) is 5.91 Å². The number of furan rings is 1. The lowest BCUT2D eigenvalue weighted by Crippen LogP contribution is -2.18. The van der Waals surface area contributed by atoms with Crippen molar-refractivity contribution in [2.24, 2.45) is 0 Å². The van der Waals surface area contributed by atoms with E-state index in [4.69, 9.17) is 27.6 Å². The Morgan fingerprint density at radius 2 is 1.90 bits per heavy atom. The van der Waals surface area contributed by atoms with Crippen molar-refractivity contribution in [1.29, 1.82) is 0 Å². The molecule has 8 heteroatoms. The summed E-state index contributed by atoms with van der Waals surface area (Å²) in [5.74, 6) is 0.831. The third-order valence-electron chi connectivity index (χ3n) is 5.42. The highest BCUT2D eigenvalue weighted by Gasteiger charge is 2.19. The smallest absolute Gasteiger partial charge is 0.291 e. The normalized spacial score (nSPS) is 14.4. The molecule has 0 atom stereocenters. The maximum Gasteiger partial charge on any atom is 0.291 e. The highest BCUT2D eigenvalue weighted by atomic mass is 35.5. The van der Waals surface area contributed by atoms with Gasteiger partial charge in [-0.25, -0.2) is 0 Å². The van der Waals surface area contributed by atoms with Gasteiger partial charge >= 0.3 is 0 Å². The molecule has 158 valence electrons. The van der Waals surface area contributed by atoms with Gasteiger partial charge in [0.2, 0.25) is 0 Å². The highest BCUT2D eigenvalue weighted by molar-refractivity contribution is 6.35. The first-order chi connectivity index (χ1) is 14.4. The number of anilines is 1. The largest absolute Gasteiger partial charge is 0.455 e. The molecule has 1 aromatic carbocycles. The Morgan fingerprint density at radius 1 is 1.13 bits per heavy atom. The van der Waals surface area contributed by atoms with Gasteiger partial charge in [0.05, 0.1) is 30.2 Å². The molecule has 1 fully saturated rings. The molecular formula is C22H24Cl2N4O2. The number of aryl methyl sites for hydroxylation is 1. The van der Waals surface area contributed by atoms with Crippen LogP contribution in [0, 0.1) is 13.8 Å². The summed E-state index contributed by atoms with van der Waals surface area (Å²) in [7, 11) is 0. The van der Waals surface area contributed by atoms with Gasteiger partial charge in [-0.3, -0.25) is 14.4 Å². The van der Waals surface area contributed by atoms with Crippen LogP contribution in [0.3, 0.4) is 0 Å². The standard InChI is InChI=1S/C22H24Cl2N4O2/c1-14-21(15(2)28(26-14)12-16-5-6-17(23)11-19(16)24)25-22(29)20-8-7-18(30-20)13-27-9-3-4-10-27/h5-8,11H,3-4,9-10,12-13H2,1-2H3,(H,25,29). The van der Waals surface area contributed by atoms with Crippen molar-refractivity contribution in [3.8, 4) is 0 Å². The molecular weight excluding hydrogens is 423 g/mol. The van der Waals surface area contributed by atoms with E-state index >= 15 is 0 Å². The summed E-state index contributed by atoms with van der Waals surface area (Å²) in [5, 5.41) is 8.69. The minimum absolute atomic E-state index is 0.280. The average Bonchev–Trinajstić information content (AvgIpc) is 3.43. The molecule has 1 aliphatic rings. The summed E-state index contributed by atoms with van der Waals surface area (Å²) in [5.41, 5.74) is 3.16. The quantitative estimate of drug-likeness (QED) is 0.557. The molecule has 1 aliphatic heterocycles. The summed E-state index contributed by atoms with van der Waals surface area (Å²) in [6.45, 7) is 7.17. The summed E-state index contributed by atoms with van der Waals surface area (Å²) in [6.07, 6.45) is 2.44. The molecule has 3 aromatic rings. The van der Waals surface area contributed by atoms with Crippen LogP contribution in [0.2, 0.25) is 10.0 Å². The fourth-order valence-corrected chi connectivity index (χ4v) is 4.23. The number of likely N-dealkylation sites (tertiary alicyclic amines) is 1. The minimum Gasteiger partial charge on any atom is -0.455 e. The molecule has 6 nitrogen and oxygen atoms in total. The maximum absolute atomic E-state index is 12.7. The van der Waals surface area contributed by atoms with Crippen molar-refractivity contribution in [2.45, 2.75) is 39.8 Å². The Bertz CT molecular complexity index is 1070. The van der Waals surface area contributed by atoms with Gasteiger partial charge in [-0.05, 0) is 69.6 Å². The number of aromatic nitrogens is 2. The van der Waals surface area contributed by atoms with E-state index in [1.807, 2.05) is 30.7 Å². The lowest BCUT2D eigenvalue weighted by molar-refractivity contribution is 0.0993. The molecule has 30 heavy (non-hydrogen) atoms. The van der Waals surface area contributed by atoms with Crippen LogP contribution in [0.5, 0.6) is 0 Å². The van der Waals surface area contributed by atoms with E-state index in [9.17, 15) is 4.79 Å². The maximum atomic E-state index is 12.7. The fraction of sp³-hybridized carbons (Fsp3) is 0.364. The predicted molar refractivity (Wildman–Crippen MR) is 118 cm³/mol.